The highest BCUT2D eigenvalue weighted by atomic mass is 35.5. The maximum absolute atomic E-state index is 3.47. The van der Waals surface area contributed by atoms with Crippen molar-refractivity contribution in [3.63, 3.8) is 0 Å². The Bertz CT molecular complexity index is 420. The van der Waals surface area contributed by atoms with Crippen LogP contribution in [0, 0.1) is 5.92 Å². The minimum atomic E-state index is 0. The van der Waals surface area contributed by atoms with Crippen molar-refractivity contribution in [1.29, 1.82) is 0 Å². The van der Waals surface area contributed by atoms with Crippen molar-refractivity contribution >= 4 is 12.4 Å². The molecule has 2 heterocycles. The number of rotatable bonds is 4. The van der Waals surface area contributed by atoms with E-state index in [1.54, 1.807) is 0 Å². The lowest BCUT2D eigenvalue weighted by atomic mass is 9.96. The first-order valence-corrected chi connectivity index (χ1v) is 8.52. The molecule has 1 atom stereocenters. The summed E-state index contributed by atoms with van der Waals surface area (Å²) < 4.78 is 0. The van der Waals surface area contributed by atoms with Crippen LogP contribution in [0.15, 0.2) is 30.3 Å². The zero-order valence-corrected chi connectivity index (χ0v) is 14.5. The van der Waals surface area contributed by atoms with E-state index in [2.05, 4.69) is 52.4 Å². The molecule has 22 heavy (non-hydrogen) atoms. The van der Waals surface area contributed by atoms with Gasteiger partial charge in [-0.1, -0.05) is 30.3 Å². The van der Waals surface area contributed by atoms with Crippen molar-refractivity contribution in [2.45, 2.75) is 32.4 Å². The van der Waals surface area contributed by atoms with E-state index in [-0.39, 0.29) is 12.4 Å². The molecule has 2 saturated heterocycles. The number of piperazine rings is 1. The van der Waals surface area contributed by atoms with Crippen LogP contribution in [0.1, 0.15) is 25.3 Å². The van der Waals surface area contributed by atoms with Crippen molar-refractivity contribution in [1.82, 2.24) is 15.1 Å². The Balaban J connectivity index is 0.00000176. The van der Waals surface area contributed by atoms with Crippen molar-refractivity contribution < 1.29 is 0 Å². The third-order valence-electron chi connectivity index (χ3n) is 5.05. The van der Waals surface area contributed by atoms with Crippen LogP contribution >= 0.6 is 12.4 Å². The fourth-order valence-electron chi connectivity index (χ4n) is 3.72. The van der Waals surface area contributed by atoms with Crippen LogP contribution in [0.3, 0.4) is 0 Å². The van der Waals surface area contributed by atoms with Gasteiger partial charge in [0.05, 0.1) is 0 Å². The van der Waals surface area contributed by atoms with E-state index in [9.17, 15) is 0 Å². The Morgan fingerprint density at radius 2 is 1.82 bits per heavy atom. The van der Waals surface area contributed by atoms with Crippen molar-refractivity contribution in [2.75, 3.05) is 39.3 Å². The van der Waals surface area contributed by atoms with Gasteiger partial charge in [0.2, 0.25) is 0 Å². The number of hydrogen-bond acceptors (Lipinski definition) is 3. The number of benzene rings is 1. The second-order valence-electron chi connectivity index (χ2n) is 6.76. The van der Waals surface area contributed by atoms with E-state index >= 15 is 0 Å². The van der Waals surface area contributed by atoms with Crippen LogP contribution in [0.5, 0.6) is 0 Å². The molecule has 2 aliphatic heterocycles. The topological polar surface area (TPSA) is 18.5 Å². The average Bonchev–Trinajstić information content (AvgIpc) is 2.52. The van der Waals surface area contributed by atoms with Gasteiger partial charge in [0.25, 0.3) is 0 Å². The van der Waals surface area contributed by atoms with Crippen LogP contribution < -0.4 is 5.32 Å². The molecule has 124 valence electrons. The Labute approximate surface area is 141 Å². The summed E-state index contributed by atoms with van der Waals surface area (Å²) in [4.78, 5) is 5.33. The molecule has 1 aromatic carbocycles. The molecule has 2 aliphatic rings. The van der Waals surface area contributed by atoms with E-state index in [1.807, 2.05) is 0 Å². The summed E-state index contributed by atoms with van der Waals surface area (Å²) in [5.74, 6) is 0.911. The molecule has 1 N–H and O–H groups in total. The predicted molar refractivity (Wildman–Crippen MR) is 95.6 cm³/mol. The number of halogens is 1. The van der Waals surface area contributed by atoms with Crippen LogP contribution in [0.2, 0.25) is 0 Å². The van der Waals surface area contributed by atoms with E-state index in [0.717, 1.165) is 12.5 Å². The van der Waals surface area contributed by atoms with Gasteiger partial charge >= 0.3 is 0 Å². The molecule has 3 rings (SSSR count). The Morgan fingerprint density at radius 1 is 1.09 bits per heavy atom. The fraction of sp³-hybridized carbons (Fsp3) is 0.667. The van der Waals surface area contributed by atoms with Crippen molar-refractivity contribution in [2.24, 2.45) is 5.92 Å². The van der Waals surface area contributed by atoms with Gasteiger partial charge in [-0.3, -0.25) is 9.80 Å². The summed E-state index contributed by atoms with van der Waals surface area (Å²) in [5, 5.41) is 3.47. The first-order chi connectivity index (χ1) is 10.3. The van der Waals surface area contributed by atoms with Gasteiger partial charge in [0.1, 0.15) is 0 Å². The number of piperidine rings is 1. The molecule has 0 unspecified atom stereocenters. The van der Waals surface area contributed by atoms with E-state index in [4.69, 9.17) is 0 Å². The number of nitrogens with zero attached hydrogens (tertiary/aromatic N) is 2. The standard InChI is InChI=1S/C18H29N3.ClH/c1-16-13-20(14-17-5-3-2-4-6-17)11-12-21(16)15-18-7-9-19-10-8-18;/h2-6,16,18-19H,7-15H2,1H3;1H/t16-;/m1./s1. The summed E-state index contributed by atoms with van der Waals surface area (Å²) in [6.45, 7) is 10.9. The van der Waals surface area contributed by atoms with Gasteiger partial charge in [-0.2, -0.15) is 0 Å². The van der Waals surface area contributed by atoms with Crippen LogP contribution in [-0.4, -0.2) is 55.1 Å². The summed E-state index contributed by atoms with van der Waals surface area (Å²) in [5.41, 5.74) is 1.44. The molecule has 0 amide bonds. The molecule has 0 spiro atoms. The van der Waals surface area contributed by atoms with Crippen LogP contribution in [0.4, 0.5) is 0 Å². The molecule has 1 aromatic rings. The molecule has 2 fully saturated rings. The van der Waals surface area contributed by atoms with E-state index in [1.165, 1.54) is 57.7 Å². The van der Waals surface area contributed by atoms with Gasteiger partial charge in [-0.25, -0.2) is 0 Å². The summed E-state index contributed by atoms with van der Waals surface area (Å²) in [6.07, 6.45) is 2.72. The minimum absolute atomic E-state index is 0. The third-order valence-corrected chi connectivity index (χ3v) is 5.05. The monoisotopic (exact) mass is 323 g/mol. The summed E-state index contributed by atoms with van der Waals surface area (Å²) >= 11 is 0. The minimum Gasteiger partial charge on any atom is -0.317 e. The Kier molecular flexibility index (Phi) is 7.16. The lowest BCUT2D eigenvalue weighted by Gasteiger charge is -2.42. The molecule has 0 bridgehead atoms. The highest BCUT2D eigenvalue weighted by molar-refractivity contribution is 5.85. The smallest absolute Gasteiger partial charge is 0.0234 e. The Hall–Kier alpha value is -0.610. The third kappa shape index (κ3) is 4.95. The second-order valence-corrected chi connectivity index (χ2v) is 6.76. The summed E-state index contributed by atoms with van der Waals surface area (Å²) in [7, 11) is 0. The molecule has 0 aromatic heterocycles. The summed E-state index contributed by atoms with van der Waals surface area (Å²) in [6, 6.07) is 11.6. The maximum atomic E-state index is 3.47. The lowest BCUT2D eigenvalue weighted by molar-refractivity contribution is 0.0619. The highest BCUT2D eigenvalue weighted by Gasteiger charge is 2.26. The molecule has 4 heteroatoms. The second kappa shape index (κ2) is 8.88. The molecular weight excluding hydrogens is 294 g/mol. The van der Waals surface area contributed by atoms with Gasteiger partial charge < -0.3 is 5.32 Å². The highest BCUT2D eigenvalue weighted by Crippen LogP contribution is 2.18. The number of nitrogens with one attached hydrogen (secondary N) is 1. The normalized spacial score (nSPS) is 24.9. The Morgan fingerprint density at radius 3 is 2.50 bits per heavy atom. The van der Waals surface area contributed by atoms with E-state index in [0.29, 0.717) is 6.04 Å². The quantitative estimate of drug-likeness (QED) is 0.919. The van der Waals surface area contributed by atoms with Gasteiger partial charge in [-0.15, -0.1) is 12.4 Å². The molecule has 0 radical (unpaired) electrons. The van der Waals surface area contributed by atoms with Crippen LogP contribution in [0.25, 0.3) is 0 Å². The molecular formula is C18H30ClN3. The predicted octanol–water partition coefficient (Wildman–Crippen LogP) is 2.61. The van der Waals surface area contributed by atoms with E-state index < -0.39 is 0 Å². The molecule has 3 nitrogen and oxygen atoms in total. The first-order valence-electron chi connectivity index (χ1n) is 8.52. The maximum Gasteiger partial charge on any atom is 0.0234 e. The van der Waals surface area contributed by atoms with Gasteiger partial charge in [0.15, 0.2) is 0 Å². The SMILES string of the molecule is C[C@@H]1CN(Cc2ccccc2)CCN1CC1CCNCC1.Cl. The zero-order chi connectivity index (χ0) is 14.5. The van der Waals surface area contributed by atoms with Gasteiger partial charge in [0, 0.05) is 38.8 Å². The zero-order valence-electron chi connectivity index (χ0n) is 13.7. The molecule has 0 saturated carbocycles. The largest absolute Gasteiger partial charge is 0.317 e. The van der Waals surface area contributed by atoms with Crippen molar-refractivity contribution in [3.8, 4) is 0 Å². The average molecular weight is 324 g/mol. The molecule has 0 aliphatic carbocycles. The lowest BCUT2D eigenvalue weighted by Crippen LogP contribution is -2.53. The number of hydrogen-bond donors (Lipinski definition) is 1. The van der Waals surface area contributed by atoms with Gasteiger partial charge in [-0.05, 0) is 44.3 Å². The van der Waals surface area contributed by atoms with Crippen LogP contribution in [-0.2, 0) is 6.54 Å². The first kappa shape index (κ1) is 17.7. The fourth-order valence-corrected chi connectivity index (χ4v) is 3.72. The van der Waals surface area contributed by atoms with Crippen molar-refractivity contribution in [3.05, 3.63) is 35.9 Å².